The van der Waals surface area contributed by atoms with Crippen molar-refractivity contribution in [2.45, 2.75) is 19.3 Å². The van der Waals surface area contributed by atoms with Crippen molar-refractivity contribution in [2.24, 2.45) is 10.9 Å². The van der Waals surface area contributed by atoms with Gasteiger partial charge < -0.3 is 15.0 Å². The van der Waals surface area contributed by atoms with Crippen molar-refractivity contribution >= 4 is 5.96 Å². The first kappa shape index (κ1) is 17.7. The van der Waals surface area contributed by atoms with Crippen LogP contribution < -0.4 is 5.32 Å². The van der Waals surface area contributed by atoms with Gasteiger partial charge in [0.25, 0.3) is 0 Å². The average molecular weight is 325 g/mol. The first-order chi connectivity index (χ1) is 11.1. The molecule has 4 nitrogen and oxygen atoms in total. The van der Waals surface area contributed by atoms with Crippen molar-refractivity contribution in [1.82, 2.24) is 10.2 Å². The highest BCUT2D eigenvalue weighted by atomic mass is 19.1. The predicted molar refractivity (Wildman–Crippen MR) is 87.6 cm³/mol. The van der Waals surface area contributed by atoms with Crippen LogP contribution in [0.3, 0.4) is 0 Å². The van der Waals surface area contributed by atoms with E-state index in [1.54, 1.807) is 7.05 Å². The number of benzene rings is 1. The maximum absolute atomic E-state index is 13.6. The number of hydrogen-bond donors (Lipinski definition) is 1. The lowest BCUT2D eigenvalue weighted by Crippen LogP contribution is -2.41. The molecule has 1 aromatic carbocycles. The highest BCUT2D eigenvalue weighted by molar-refractivity contribution is 5.79. The molecular weight excluding hydrogens is 300 g/mol. The molecule has 0 saturated heterocycles. The van der Waals surface area contributed by atoms with Crippen LogP contribution in [0.15, 0.2) is 23.2 Å². The van der Waals surface area contributed by atoms with E-state index in [0.29, 0.717) is 25.1 Å². The Balaban J connectivity index is 1.69. The Kier molecular flexibility index (Phi) is 6.77. The second-order valence-corrected chi connectivity index (χ2v) is 5.90. The van der Waals surface area contributed by atoms with E-state index in [1.165, 1.54) is 18.9 Å². The number of aliphatic imine (C=N–C) groups is 1. The van der Waals surface area contributed by atoms with E-state index in [-0.39, 0.29) is 5.82 Å². The van der Waals surface area contributed by atoms with Gasteiger partial charge >= 0.3 is 0 Å². The SMILES string of the molecule is CN=C(NCCc1cc(F)ccc1F)N(C)CCOCC1CC1. The Morgan fingerprint density at radius 2 is 2.17 bits per heavy atom. The van der Waals surface area contributed by atoms with Crippen LogP contribution in [0.25, 0.3) is 0 Å². The fraction of sp³-hybridized carbons (Fsp3) is 0.588. The van der Waals surface area contributed by atoms with Crippen LogP contribution in [0.4, 0.5) is 8.78 Å². The molecule has 1 saturated carbocycles. The minimum absolute atomic E-state index is 0.364. The molecule has 0 bridgehead atoms. The van der Waals surface area contributed by atoms with Gasteiger partial charge in [-0.1, -0.05) is 0 Å². The second kappa shape index (κ2) is 8.82. The summed E-state index contributed by atoms with van der Waals surface area (Å²) in [5.74, 6) is 0.677. The highest BCUT2D eigenvalue weighted by Crippen LogP contribution is 2.28. The fourth-order valence-corrected chi connectivity index (χ4v) is 2.27. The standard InChI is InChI=1S/C17H25F2N3O/c1-20-17(22(2)9-10-23-12-13-3-4-13)21-8-7-14-11-15(18)5-6-16(14)19/h5-6,11,13H,3-4,7-10,12H2,1-2H3,(H,20,21). The Morgan fingerprint density at radius 1 is 1.39 bits per heavy atom. The fourth-order valence-electron chi connectivity index (χ4n) is 2.27. The normalized spacial score (nSPS) is 14.9. The van der Waals surface area contributed by atoms with Crippen LogP contribution in [-0.2, 0) is 11.2 Å². The third kappa shape index (κ3) is 6.14. The van der Waals surface area contributed by atoms with Crippen molar-refractivity contribution in [1.29, 1.82) is 0 Å². The second-order valence-electron chi connectivity index (χ2n) is 5.90. The van der Waals surface area contributed by atoms with E-state index < -0.39 is 5.82 Å². The maximum atomic E-state index is 13.6. The molecule has 1 aliphatic rings. The van der Waals surface area contributed by atoms with Gasteiger partial charge in [0.15, 0.2) is 5.96 Å². The molecule has 6 heteroatoms. The first-order valence-electron chi connectivity index (χ1n) is 8.03. The first-order valence-corrected chi connectivity index (χ1v) is 8.03. The molecule has 1 N–H and O–H groups in total. The summed E-state index contributed by atoms with van der Waals surface area (Å²) in [5.41, 5.74) is 0.364. The number of nitrogens with one attached hydrogen (secondary N) is 1. The van der Waals surface area contributed by atoms with Crippen molar-refractivity contribution in [3.63, 3.8) is 0 Å². The molecule has 0 unspecified atom stereocenters. The smallest absolute Gasteiger partial charge is 0.193 e. The minimum Gasteiger partial charge on any atom is -0.379 e. The lowest BCUT2D eigenvalue weighted by molar-refractivity contribution is 0.115. The number of halogens is 2. The van der Waals surface area contributed by atoms with E-state index in [0.717, 1.165) is 37.2 Å². The van der Waals surface area contributed by atoms with Crippen molar-refractivity contribution in [2.75, 3.05) is 40.4 Å². The zero-order valence-corrected chi connectivity index (χ0v) is 13.8. The summed E-state index contributed by atoms with van der Waals surface area (Å²) in [5, 5.41) is 3.16. The molecule has 2 rings (SSSR count). The van der Waals surface area contributed by atoms with Gasteiger partial charge in [0.05, 0.1) is 6.61 Å². The summed E-state index contributed by atoms with van der Waals surface area (Å²) in [4.78, 5) is 6.16. The van der Waals surface area contributed by atoms with Crippen LogP contribution in [0.2, 0.25) is 0 Å². The van der Waals surface area contributed by atoms with Crippen LogP contribution in [0.1, 0.15) is 18.4 Å². The Hall–Kier alpha value is -1.69. The molecule has 1 aromatic rings. The zero-order valence-electron chi connectivity index (χ0n) is 13.8. The summed E-state index contributed by atoms with van der Waals surface area (Å²) in [7, 11) is 3.63. The lowest BCUT2D eigenvalue weighted by Gasteiger charge is -2.22. The zero-order chi connectivity index (χ0) is 16.7. The van der Waals surface area contributed by atoms with Gasteiger partial charge in [0.2, 0.25) is 0 Å². The molecule has 1 fully saturated rings. The van der Waals surface area contributed by atoms with Gasteiger partial charge in [-0.25, -0.2) is 8.78 Å². The molecular formula is C17H25F2N3O. The van der Waals surface area contributed by atoms with E-state index in [2.05, 4.69) is 10.3 Å². The highest BCUT2D eigenvalue weighted by Gasteiger charge is 2.21. The quantitative estimate of drug-likeness (QED) is 0.453. The number of rotatable bonds is 8. The third-order valence-electron chi connectivity index (χ3n) is 3.88. The van der Waals surface area contributed by atoms with E-state index >= 15 is 0 Å². The number of likely N-dealkylation sites (N-methyl/N-ethyl adjacent to an activating group) is 1. The molecule has 0 heterocycles. The van der Waals surface area contributed by atoms with Crippen molar-refractivity contribution < 1.29 is 13.5 Å². The van der Waals surface area contributed by atoms with Crippen LogP contribution in [0.5, 0.6) is 0 Å². The number of guanidine groups is 1. The molecule has 0 aromatic heterocycles. The van der Waals surface area contributed by atoms with Crippen LogP contribution in [-0.4, -0.2) is 51.3 Å². The summed E-state index contributed by atoms with van der Waals surface area (Å²) in [6.45, 7) is 2.73. The van der Waals surface area contributed by atoms with Gasteiger partial charge in [-0.05, 0) is 48.9 Å². The number of ether oxygens (including phenoxy) is 1. The summed E-state index contributed by atoms with van der Waals surface area (Å²) < 4.78 is 32.3. The monoisotopic (exact) mass is 325 g/mol. The summed E-state index contributed by atoms with van der Waals surface area (Å²) in [6.07, 6.45) is 2.97. The molecule has 0 amide bonds. The predicted octanol–water partition coefficient (Wildman–Crippen LogP) is 2.44. The number of hydrogen-bond acceptors (Lipinski definition) is 2. The maximum Gasteiger partial charge on any atom is 0.193 e. The van der Waals surface area contributed by atoms with Gasteiger partial charge in [0, 0.05) is 33.8 Å². The Morgan fingerprint density at radius 3 is 2.87 bits per heavy atom. The van der Waals surface area contributed by atoms with Gasteiger partial charge in [-0.2, -0.15) is 0 Å². The molecule has 0 atom stereocenters. The van der Waals surface area contributed by atoms with E-state index in [1.807, 2.05) is 11.9 Å². The van der Waals surface area contributed by atoms with Crippen LogP contribution in [0, 0.1) is 17.6 Å². The molecule has 128 valence electrons. The Bertz CT molecular complexity index is 533. The number of nitrogens with zero attached hydrogens (tertiary/aromatic N) is 2. The summed E-state index contributed by atoms with van der Waals surface area (Å²) in [6, 6.07) is 3.51. The van der Waals surface area contributed by atoms with Crippen molar-refractivity contribution in [3.8, 4) is 0 Å². The largest absolute Gasteiger partial charge is 0.379 e. The van der Waals surface area contributed by atoms with Crippen LogP contribution >= 0.6 is 0 Å². The third-order valence-corrected chi connectivity index (χ3v) is 3.88. The molecule has 0 radical (unpaired) electrons. The topological polar surface area (TPSA) is 36.9 Å². The van der Waals surface area contributed by atoms with Gasteiger partial charge in [-0.3, -0.25) is 4.99 Å². The van der Waals surface area contributed by atoms with E-state index in [9.17, 15) is 8.78 Å². The van der Waals surface area contributed by atoms with E-state index in [4.69, 9.17) is 4.74 Å². The van der Waals surface area contributed by atoms with Crippen molar-refractivity contribution in [3.05, 3.63) is 35.4 Å². The molecule has 0 aliphatic heterocycles. The average Bonchev–Trinajstić information content (AvgIpc) is 3.35. The minimum atomic E-state index is -0.421. The van der Waals surface area contributed by atoms with Gasteiger partial charge in [0.1, 0.15) is 11.6 Å². The lowest BCUT2D eigenvalue weighted by atomic mass is 10.1. The molecule has 1 aliphatic carbocycles. The Labute approximate surface area is 136 Å². The molecule has 23 heavy (non-hydrogen) atoms. The molecule has 0 spiro atoms. The summed E-state index contributed by atoms with van der Waals surface area (Å²) >= 11 is 0. The van der Waals surface area contributed by atoms with Gasteiger partial charge in [-0.15, -0.1) is 0 Å².